The lowest BCUT2D eigenvalue weighted by Crippen LogP contribution is -2.36. The van der Waals surface area contributed by atoms with Crippen LogP contribution in [0.2, 0.25) is 0 Å². The van der Waals surface area contributed by atoms with Gasteiger partial charge in [0.1, 0.15) is 12.4 Å². The van der Waals surface area contributed by atoms with Gasteiger partial charge in [0.2, 0.25) is 0 Å². The van der Waals surface area contributed by atoms with Crippen LogP contribution in [0.3, 0.4) is 0 Å². The van der Waals surface area contributed by atoms with Gasteiger partial charge in [-0.05, 0) is 24.6 Å². The molecule has 0 aliphatic carbocycles. The van der Waals surface area contributed by atoms with Crippen LogP contribution in [0.15, 0.2) is 60.2 Å². The first kappa shape index (κ1) is 17.5. The summed E-state index contributed by atoms with van der Waals surface area (Å²) in [4.78, 5) is 8.63. The predicted molar refractivity (Wildman–Crippen MR) is 98.1 cm³/mol. The quantitative estimate of drug-likeness (QED) is 0.467. The Morgan fingerprint density at radius 1 is 1.21 bits per heavy atom. The number of nitrogens with one attached hydrogen (secondary N) is 2. The van der Waals surface area contributed by atoms with Crippen LogP contribution in [-0.4, -0.2) is 24.6 Å². The number of aryl methyl sites for hydroxylation is 1. The highest BCUT2D eigenvalue weighted by Gasteiger charge is 2.05. The molecule has 0 fully saturated rings. The van der Waals surface area contributed by atoms with E-state index in [1.807, 2.05) is 43.3 Å². The van der Waals surface area contributed by atoms with Gasteiger partial charge < -0.3 is 15.4 Å². The number of rotatable bonds is 7. The van der Waals surface area contributed by atoms with Crippen LogP contribution in [0.4, 0.5) is 0 Å². The third-order valence-electron chi connectivity index (χ3n) is 3.54. The van der Waals surface area contributed by atoms with Gasteiger partial charge in [0.15, 0.2) is 5.96 Å². The molecule has 126 valence electrons. The summed E-state index contributed by atoms with van der Waals surface area (Å²) in [5.74, 6) is 1.57. The van der Waals surface area contributed by atoms with Gasteiger partial charge in [0, 0.05) is 25.4 Å². The molecule has 0 saturated heterocycles. The molecule has 1 aromatic carbocycles. The molecule has 2 aromatic rings. The fourth-order valence-electron chi connectivity index (χ4n) is 2.21. The van der Waals surface area contributed by atoms with Crippen molar-refractivity contribution in [3.63, 3.8) is 0 Å². The summed E-state index contributed by atoms with van der Waals surface area (Å²) < 4.78 is 5.67. The minimum absolute atomic E-state index is 0.489. The van der Waals surface area contributed by atoms with Gasteiger partial charge in [-0.15, -0.1) is 0 Å². The molecule has 1 heterocycles. The van der Waals surface area contributed by atoms with Gasteiger partial charge in [0.25, 0.3) is 0 Å². The normalized spacial score (nSPS) is 11.0. The Bertz CT molecular complexity index is 697. The smallest absolute Gasteiger partial charge is 0.191 e. The molecule has 0 bridgehead atoms. The zero-order valence-corrected chi connectivity index (χ0v) is 14.2. The molecule has 2 rings (SSSR count). The van der Waals surface area contributed by atoms with Crippen molar-refractivity contribution in [1.29, 1.82) is 0 Å². The average molecular weight is 324 g/mol. The van der Waals surface area contributed by atoms with E-state index in [4.69, 9.17) is 4.74 Å². The highest BCUT2D eigenvalue weighted by Crippen LogP contribution is 2.17. The fourth-order valence-corrected chi connectivity index (χ4v) is 2.21. The summed E-state index contributed by atoms with van der Waals surface area (Å²) in [6, 6.07) is 11.9. The molecule has 0 saturated carbocycles. The van der Waals surface area contributed by atoms with Crippen molar-refractivity contribution in [3.8, 4) is 5.75 Å². The third-order valence-corrected chi connectivity index (χ3v) is 3.54. The number of hydrogen-bond donors (Lipinski definition) is 2. The zero-order valence-electron chi connectivity index (χ0n) is 14.2. The van der Waals surface area contributed by atoms with Crippen LogP contribution >= 0.6 is 0 Å². The van der Waals surface area contributed by atoms with E-state index >= 15 is 0 Å². The Morgan fingerprint density at radius 2 is 2.00 bits per heavy atom. The molecular formula is C19H24N4O. The van der Waals surface area contributed by atoms with Crippen LogP contribution in [0.5, 0.6) is 5.75 Å². The highest BCUT2D eigenvalue weighted by molar-refractivity contribution is 5.79. The first-order valence-corrected chi connectivity index (χ1v) is 7.91. The molecule has 0 radical (unpaired) electrons. The lowest BCUT2D eigenvalue weighted by Gasteiger charge is -2.14. The topological polar surface area (TPSA) is 58.5 Å². The Kier molecular flexibility index (Phi) is 6.83. The van der Waals surface area contributed by atoms with Crippen molar-refractivity contribution < 1.29 is 4.74 Å². The van der Waals surface area contributed by atoms with Gasteiger partial charge in [-0.1, -0.05) is 36.9 Å². The van der Waals surface area contributed by atoms with Crippen molar-refractivity contribution in [2.24, 2.45) is 4.99 Å². The monoisotopic (exact) mass is 324 g/mol. The van der Waals surface area contributed by atoms with E-state index in [2.05, 4.69) is 27.2 Å². The van der Waals surface area contributed by atoms with Gasteiger partial charge in [-0.2, -0.15) is 0 Å². The number of guanidine groups is 1. The zero-order chi connectivity index (χ0) is 17.2. The predicted octanol–water partition coefficient (Wildman–Crippen LogP) is 2.82. The van der Waals surface area contributed by atoms with Crippen molar-refractivity contribution in [2.75, 3.05) is 13.7 Å². The molecule has 0 spiro atoms. The first-order chi connectivity index (χ1) is 11.7. The summed E-state index contributed by atoms with van der Waals surface area (Å²) in [5.41, 5.74) is 3.23. The van der Waals surface area contributed by atoms with Crippen LogP contribution < -0.4 is 15.4 Å². The lowest BCUT2D eigenvalue weighted by molar-refractivity contribution is 0.358. The maximum absolute atomic E-state index is 5.67. The maximum Gasteiger partial charge on any atom is 0.191 e. The second kappa shape index (κ2) is 9.35. The molecule has 0 atom stereocenters. The number of para-hydroxylation sites is 1. The molecule has 0 aliphatic rings. The van der Waals surface area contributed by atoms with Crippen LogP contribution in [0.1, 0.15) is 16.8 Å². The summed E-state index contributed by atoms with van der Waals surface area (Å²) in [7, 11) is 1.75. The molecule has 0 unspecified atom stereocenters. The van der Waals surface area contributed by atoms with E-state index in [1.54, 1.807) is 19.3 Å². The van der Waals surface area contributed by atoms with Crippen LogP contribution in [0.25, 0.3) is 0 Å². The van der Waals surface area contributed by atoms with Gasteiger partial charge >= 0.3 is 0 Å². The lowest BCUT2D eigenvalue weighted by atomic mass is 10.2. The Labute approximate surface area is 143 Å². The number of pyridine rings is 1. The largest absolute Gasteiger partial charge is 0.489 e. The van der Waals surface area contributed by atoms with Gasteiger partial charge in [-0.3, -0.25) is 9.98 Å². The second-order valence-corrected chi connectivity index (χ2v) is 5.25. The van der Waals surface area contributed by atoms with Crippen molar-refractivity contribution >= 4 is 5.96 Å². The number of aliphatic imine (C=N–C) groups is 1. The fraction of sp³-hybridized carbons (Fsp3) is 0.263. The Hall–Kier alpha value is -2.82. The van der Waals surface area contributed by atoms with Crippen molar-refractivity contribution in [3.05, 3.63) is 72.1 Å². The van der Waals surface area contributed by atoms with Crippen LogP contribution in [0, 0.1) is 6.92 Å². The summed E-state index contributed by atoms with van der Waals surface area (Å²) in [5, 5.41) is 6.58. The number of aromatic nitrogens is 1. The molecule has 5 nitrogen and oxygen atoms in total. The van der Waals surface area contributed by atoms with Crippen molar-refractivity contribution in [2.45, 2.75) is 20.0 Å². The highest BCUT2D eigenvalue weighted by atomic mass is 16.5. The molecule has 1 aromatic heterocycles. The van der Waals surface area contributed by atoms with E-state index in [1.165, 1.54) is 0 Å². The minimum Gasteiger partial charge on any atom is -0.489 e. The molecule has 0 amide bonds. The number of nitrogens with zero attached hydrogens (tertiary/aromatic N) is 2. The van der Waals surface area contributed by atoms with Crippen molar-refractivity contribution in [1.82, 2.24) is 15.6 Å². The minimum atomic E-state index is 0.489. The second-order valence-electron chi connectivity index (χ2n) is 5.25. The Morgan fingerprint density at radius 3 is 2.75 bits per heavy atom. The van der Waals surface area contributed by atoms with E-state index < -0.39 is 0 Å². The molecular weight excluding hydrogens is 300 g/mol. The number of ether oxygens (including phenoxy) is 1. The standard InChI is InChI=1S/C19H24N4O/c1-4-12-24-18-10-6-5-9-16(18)13-22-19(20-3)23-14-17-15(2)8-7-11-21-17/h4-11H,1,12-14H2,2-3H3,(H2,20,22,23). The van der Waals surface area contributed by atoms with E-state index in [9.17, 15) is 0 Å². The SMILES string of the molecule is C=CCOc1ccccc1CNC(=NC)NCc1ncccc1C. The maximum atomic E-state index is 5.67. The summed E-state index contributed by atoms with van der Waals surface area (Å²) in [6.45, 7) is 7.46. The third kappa shape index (κ3) is 5.12. The molecule has 0 aliphatic heterocycles. The van der Waals surface area contributed by atoms with E-state index in [0.717, 1.165) is 28.5 Å². The summed E-state index contributed by atoms with van der Waals surface area (Å²) in [6.07, 6.45) is 3.54. The molecule has 2 N–H and O–H groups in total. The van der Waals surface area contributed by atoms with Crippen LogP contribution in [-0.2, 0) is 13.1 Å². The number of hydrogen-bond acceptors (Lipinski definition) is 3. The average Bonchev–Trinajstić information content (AvgIpc) is 2.62. The van der Waals surface area contributed by atoms with Gasteiger partial charge in [-0.25, -0.2) is 0 Å². The van der Waals surface area contributed by atoms with Gasteiger partial charge in [0.05, 0.1) is 12.2 Å². The molecule has 24 heavy (non-hydrogen) atoms. The molecule has 5 heteroatoms. The van der Waals surface area contributed by atoms with E-state index in [-0.39, 0.29) is 0 Å². The summed E-state index contributed by atoms with van der Waals surface area (Å²) >= 11 is 0. The van der Waals surface area contributed by atoms with E-state index in [0.29, 0.717) is 19.7 Å². The number of benzene rings is 1. The Balaban J connectivity index is 1.92. The first-order valence-electron chi connectivity index (χ1n) is 7.91.